The summed E-state index contributed by atoms with van der Waals surface area (Å²) >= 11 is 0. The first kappa shape index (κ1) is 14.0. The van der Waals surface area contributed by atoms with E-state index >= 15 is 0 Å². The maximum Gasteiger partial charge on any atom is 0.240 e. The fourth-order valence-electron chi connectivity index (χ4n) is 2.38. The van der Waals surface area contributed by atoms with E-state index < -0.39 is 0 Å². The van der Waals surface area contributed by atoms with Gasteiger partial charge < -0.3 is 15.3 Å². The molecule has 0 aliphatic carbocycles. The van der Waals surface area contributed by atoms with Crippen LogP contribution < -0.4 is 5.32 Å². The number of carbonyl (C=O) groups is 1. The van der Waals surface area contributed by atoms with Crippen LogP contribution in [0.2, 0.25) is 0 Å². The molecule has 0 radical (unpaired) electrons. The van der Waals surface area contributed by atoms with Crippen LogP contribution >= 0.6 is 0 Å². The van der Waals surface area contributed by atoms with E-state index in [1.165, 1.54) is 0 Å². The zero-order chi connectivity index (χ0) is 13.7. The van der Waals surface area contributed by atoms with Crippen molar-refractivity contribution in [2.45, 2.75) is 38.4 Å². The van der Waals surface area contributed by atoms with Crippen molar-refractivity contribution < 1.29 is 9.90 Å². The fraction of sp³-hybridized carbons (Fsp3) is 0.571. The van der Waals surface area contributed by atoms with Crippen molar-refractivity contribution >= 4 is 5.91 Å². The summed E-state index contributed by atoms with van der Waals surface area (Å²) in [6.07, 6.45) is 3.12. The van der Waals surface area contributed by atoms with Crippen molar-refractivity contribution in [3.8, 4) is 0 Å². The zero-order valence-corrected chi connectivity index (χ0v) is 11.2. The maximum absolute atomic E-state index is 12.5. The van der Waals surface area contributed by atoms with Crippen LogP contribution in [0.5, 0.6) is 0 Å². The maximum atomic E-state index is 12.5. The average molecular weight is 263 g/mol. The van der Waals surface area contributed by atoms with Gasteiger partial charge in [-0.25, -0.2) is 0 Å². The second-order valence-corrected chi connectivity index (χ2v) is 4.94. The Morgan fingerprint density at radius 1 is 1.53 bits per heavy atom. The first-order valence-corrected chi connectivity index (χ1v) is 6.77. The van der Waals surface area contributed by atoms with Gasteiger partial charge in [0.25, 0.3) is 0 Å². The summed E-state index contributed by atoms with van der Waals surface area (Å²) < 4.78 is 0. The van der Waals surface area contributed by atoms with Crippen LogP contribution in [-0.2, 0) is 11.3 Å². The Hall–Kier alpha value is -1.46. The van der Waals surface area contributed by atoms with Crippen molar-refractivity contribution in [3.63, 3.8) is 0 Å². The van der Waals surface area contributed by atoms with Gasteiger partial charge in [-0.05, 0) is 38.4 Å². The lowest BCUT2D eigenvalue weighted by Gasteiger charge is -2.28. The van der Waals surface area contributed by atoms with Gasteiger partial charge in [0.05, 0.1) is 18.3 Å². The van der Waals surface area contributed by atoms with Gasteiger partial charge in [-0.1, -0.05) is 6.07 Å². The molecule has 1 aromatic heterocycles. The van der Waals surface area contributed by atoms with Crippen molar-refractivity contribution in [1.29, 1.82) is 0 Å². The Balaban J connectivity index is 2.12. The SMILES string of the molecule is CC1CCNC(CCO)C(=O)N1Cc1ccccn1. The summed E-state index contributed by atoms with van der Waals surface area (Å²) in [5.74, 6) is 0.0599. The van der Waals surface area contributed by atoms with Crippen LogP contribution in [0.3, 0.4) is 0 Å². The minimum Gasteiger partial charge on any atom is -0.396 e. The summed E-state index contributed by atoms with van der Waals surface area (Å²) in [7, 11) is 0. The highest BCUT2D eigenvalue weighted by atomic mass is 16.3. The van der Waals surface area contributed by atoms with E-state index in [2.05, 4.69) is 17.2 Å². The predicted octanol–water partition coefficient (Wildman–Crippen LogP) is 0.543. The van der Waals surface area contributed by atoms with Crippen LogP contribution in [0, 0.1) is 0 Å². The Morgan fingerprint density at radius 2 is 2.37 bits per heavy atom. The van der Waals surface area contributed by atoms with E-state index in [1.54, 1.807) is 6.20 Å². The number of pyridine rings is 1. The minimum atomic E-state index is -0.279. The molecule has 1 aliphatic rings. The third-order valence-corrected chi connectivity index (χ3v) is 3.54. The highest BCUT2D eigenvalue weighted by Gasteiger charge is 2.30. The van der Waals surface area contributed by atoms with E-state index in [-0.39, 0.29) is 24.6 Å². The second kappa shape index (κ2) is 6.63. The molecule has 1 fully saturated rings. The number of aliphatic hydroxyl groups is 1. The number of hydrogen-bond donors (Lipinski definition) is 2. The Bertz CT molecular complexity index is 410. The number of hydrogen-bond acceptors (Lipinski definition) is 4. The molecule has 19 heavy (non-hydrogen) atoms. The minimum absolute atomic E-state index is 0.0230. The molecule has 2 unspecified atom stereocenters. The monoisotopic (exact) mass is 263 g/mol. The Morgan fingerprint density at radius 3 is 3.05 bits per heavy atom. The van der Waals surface area contributed by atoms with Crippen LogP contribution in [-0.4, -0.2) is 46.1 Å². The number of carbonyl (C=O) groups excluding carboxylic acids is 1. The lowest BCUT2D eigenvalue weighted by molar-refractivity contribution is -0.135. The topological polar surface area (TPSA) is 65.5 Å². The molecular weight excluding hydrogens is 242 g/mol. The molecule has 0 bridgehead atoms. The number of rotatable bonds is 4. The molecule has 2 N–H and O–H groups in total. The molecule has 2 heterocycles. The fourth-order valence-corrected chi connectivity index (χ4v) is 2.38. The van der Waals surface area contributed by atoms with Gasteiger partial charge >= 0.3 is 0 Å². The van der Waals surface area contributed by atoms with Crippen molar-refractivity contribution in [2.75, 3.05) is 13.2 Å². The summed E-state index contributed by atoms with van der Waals surface area (Å²) in [5.41, 5.74) is 0.896. The van der Waals surface area contributed by atoms with Crippen molar-refractivity contribution in [1.82, 2.24) is 15.2 Å². The van der Waals surface area contributed by atoms with Crippen LogP contribution in [0.15, 0.2) is 24.4 Å². The van der Waals surface area contributed by atoms with E-state index in [4.69, 9.17) is 5.11 Å². The lowest BCUT2D eigenvalue weighted by Crippen LogP contribution is -2.46. The molecule has 5 nitrogen and oxygen atoms in total. The first-order chi connectivity index (χ1) is 9.22. The third kappa shape index (κ3) is 3.52. The van der Waals surface area contributed by atoms with Crippen LogP contribution in [0.4, 0.5) is 0 Å². The molecule has 0 spiro atoms. The first-order valence-electron chi connectivity index (χ1n) is 6.77. The van der Waals surface area contributed by atoms with Gasteiger partial charge in [0.2, 0.25) is 5.91 Å². The number of aliphatic hydroxyl groups excluding tert-OH is 1. The van der Waals surface area contributed by atoms with E-state index in [0.717, 1.165) is 18.7 Å². The van der Waals surface area contributed by atoms with Crippen molar-refractivity contribution in [3.05, 3.63) is 30.1 Å². The largest absolute Gasteiger partial charge is 0.396 e. The van der Waals surface area contributed by atoms with E-state index in [0.29, 0.717) is 13.0 Å². The van der Waals surface area contributed by atoms with E-state index in [1.807, 2.05) is 23.1 Å². The third-order valence-electron chi connectivity index (χ3n) is 3.54. The summed E-state index contributed by atoms with van der Waals surface area (Å²) in [6, 6.07) is 5.63. The zero-order valence-electron chi connectivity index (χ0n) is 11.2. The molecular formula is C14H21N3O2. The highest BCUT2D eigenvalue weighted by Crippen LogP contribution is 2.15. The van der Waals surface area contributed by atoms with Crippen molar-refractivity contribution in [2.24, 2.45) is 0 Å². The van der Waals surface area contributed by atoms with Crippen LogP contribution in [0.1, 0.15) is 25.5 Å². The molecule has 2 atom stereocenters. The van der Waals surface area contributed by atoms with Gasteiger partial charge in [0, 0.05) is 18.8 Å². The molecule has 0 saturated carbocycles. The standard InChI is InChI=1S/C14H21N3O2/c1-11-5-8-16-13(6-9-18)14(19)17(11)10-12-4-2-3-7-15-12/h2-4,7,11,13,16,18H,5-6,8-10H2,1H3. The number of nitrogens with one attached hydrogen (secondary N) is 1. The molecule has 2 rings (SSSR count). The molecule has 1 aromatic rings. The van der Waals surface area contributed by atoms with Crippen LogP contribution in [0.25, 0.3) is 0 Å². The smallest absolute Gasteiger partial charge is 0.240 e. The Kier molecular flexibility index (Phi) is 4.87. The molecule has 104 valence electrons. The van der Waals surface area contributed by atoms with Gasteiger partial charge in [-0.15, -0.1) is 0 Å². The van der Waals surface area contributed by atoms with E-state index in [9.17, 15) is 4.79 Å². The second-order valence-electron chi connectivity index (χ2n) is 4.94. The van der Waals surface area contributed by atoms with Gasteiger partial charge in [-0.2, -0.15) is 0 Å². The number of amides is 1. The summed E-state index contributed by atoms with van der Waals surface area (Å²) in [4.78, 5) is 18.6. The summed E-state index contributed by atoms with van der Waals surface area (Å²) in [5, 5.41) is 12.3. The number of aromatic nitrogens is 1. The van der Waals surface area contributed by atoms with Gasteiger partial charge in [0.1, 0.15) is 0 Å². The molecule has 1 saturated heterocycles. The normalized spacial score (nSPS) is 24.3. The van der Waals surface area contributed by atoms with Gasteiger partial charge in [-0.3, -0.25) is 9.78 Å². The summed E-state index contributed by atoms with van der Waals surface area (Å²) in [6.45, 7) is 3.42. The highest BCUT2D eigenvalue weighted by molar-refractivity contribution is 5.82. The Labute approximate surface area is 113 Å². The van der Waals surface area contributed by atoms with Gasteiger partial charge in [0.15, 0.2) is 0 Å². The molecule has 1 aliphatic heterocycles. The molecule has 5 heteroatoms. The molecule has 0 aromatic carbocycles. The molecule has 1 amide bonds. The lowest BCUT2D eigenvalue weighted by atomic mass is 10.1. The number of nitrogens with zero attached hydrogens (tertiary/aromatic N) is 2. The quantitative estimate of drug-likeness (QED) is 0.832. The predicted molar refractivity (Wildman–Crippen MR) is 72.4 cm³/mol. The average Bonchev–Trinajstić information content (AvgIpc) is 2.55.